The summed E-state index contributed by atoms with van der Waals surface area (Å²) in [7, 11) is 0. The SMILES string of the molecule is CCOCCn1c(=NC(=O)c2sc(C)nc2C)sc2cc(Br)ccc21. The zero-order valence-electron chi connectivity index (χ0n) is 14.2. The third-order valence-corrected chi connectivity index (χ3v) is 6.20. The number of carbonyl (C=O) groups is 1. The summed E-state index contributed by atoms with van der Waals surface area (Å²) in [6.07, 6.45) is 0. The number of nitrogens with zero attached hydrogens (tertiary/aromatic N) is 3. The molecule has 0 aliphatic heterocycles. The Morgan fingerprint density at radius 2 is 2.16 bits per heavy atom. The van der Waals surface area contributed by atoms with E-state index in [1.807, 2.05) is 43.5 Å². The number of thiazole rings is 2. The number of rotatable bonds is 5. The van der Waals surface area contributed by atoms with Crippen LogP contribution in [0, 0.1) is 13.8 Å². The number of benzene rings is 1. The van der Waals surface area contributed by atoms with Gasteiger partial charge in [-0.15, -0.1) is 11.3 Å². The zero-order valence-corrected chi connectivity index (χ0v) is 17.4. The molecule has 0 bridgehead atoms. The van der Waals surface area contributed by atoms with E-state index in [1.165, 1.54) is 22.7 Å². The quantitative estimate of drug-likeness (QED) is 0.556. The van der Waals surface area contributed by atoms with Gasteiger partial charge in [0.2, 0.25) is 0 Å². The summed E-state index contributed by atoms with van der Waals surface area (Å²) in [5.74, 6) is -0.237. The number of aromatic nitrogens is 2. The van der Waals surface area contributed by atoms with Crippen molar-refractivity contribution in [1.29, 1.82) is 0 Å². The van der Waals surface area contributed by atoms with Crippen LogP contribution in [0.4, 0.5) is 0 Å². The Bertz CT molecular complexity index is 988. The average Bonchev–Trinajstić information content (AvgIpc) is 3.07. The lowest BCUT2D eigenvalue weighted by atomic mass is 10.3. The molecule has 2 heterocycles. The van der Waals surface area contributed by atoms with Crippen LogP contribution in [0.15, 0.2) is 27.7 Å². The second kappa shape index (κ2) is 7.90. The van der Waals surface area contributed by atoms with E-state index in [-0.39, 0.29) is 5.91 Å². The molecular weight excluding hydrogens is 422 g/mol. The summed E-state index contributed by atoms with van der Waals surface area (Å²) in [5.41, 5.74) is 1.79. The smallest absolute Gasteiger partial charge is 0.291 e. The van der Waals surface area contributed by atoms with Gasteiger partial charge in [-0.1, -0.05) is 27.3 Å². The first-order valence-electron chi connectivity index (χ1n) is 7.89. The predicted octanol–water partition coefficient (Wildman–Crippen LogP) is 4.32. The minimum absolute atomic E-state index is 0.237. The molecule has 0 spiro atoms. The highest BCUT2D eigenvalue weighted by Crippen LogP contribution is 2.23. The fourth-order valence-corrected chi connectivity index (χ4v) is 4.93. The molecule has 0 fully saturated rings. The molecule has 5 nitrogen and oxygen atoms in total. The van der Waals surface area contributed by atoms with Crippen molar-refractivity contribution < 1.29 is 9.53 Å². The van der Waals surface area contributed by atoms with Crippen molar-refractivity contribution in [2.75, 3.05) is 13.2 Å². The Hall–Kier alpha value is -1.35. The number of hydrogen-bond donors (Lipinski definition) is 0. The molecule has 0 atom stereocenters. The first-order chi connectivity index (χ1) is 12.0. The van der Waals surface area contributed by atoms with Crippen molar-refractivity contribution in [1.82, 2.24) is 9.55 Å². The van der Waals surface area contributed by atoms with E-state index >= 15 is 0 Å². The van der Waals surface area contributed by atoms with Crippen molar-refractivity contribution in [2.24, 2.45) is 4.99 Å². The fraction of sp³-hybridized carbons (Fsp3) is 0.353. The predicted molar refractivity (Wildman–Crippen MR) is 105 cm³/mol. The topological polar surface area (TPSA) is 56.5 Å². The van der Waals surface area contributed by atoms with Crippen molar-refractivity contribution in [3.8, 4) is 0 Å². The molecule has 0 aliphatic rings. The van der Waals surface area contributed by atoms with Gasteiger partial charge >= 0.3 is 0 Å². The van der Waals surface area contributed by atoms with E-state index in [0.29, 0.717) is 29.4 Å². The van der Waals surface area contributed by atoms with Gasteiger partial charge in [0.25, 0.3) is 5.91 Å². The molecule has 8 heteroatoms. The molecule has 0 radical (unpaired) electrons. The highest BCUT2D eigenvalue weighted by atomic mass is 79.9. The van der Waals surface area contributed by atoms with Crippen LogP contribution in [0.2, 0.25) is 0 Å². The second-order valence-corrected chi connectivity index (χ2v) is 8.54. The van der Waals surface area contributed by atoms with E-state index in [0.717, 1.165) is 25.4 Å². The van der Waals surface area contributed by atoms with Crippen LogP contribution < -0.4 is 4.80 Å². The summed E-state index contributed by atoms with van der Waals surface area (Å²) in [6.45, 7) is 7.61. The Labute approximate surface area is 162 Å². The highest BCUT2D eigenvalue weighted by molar-refractivity contribution is 9.10. The summed E-state index contributed by atoms with van der Waals surface area (Å²) >= 11 is 6.39. The molecule has 1 amide bonds. The molecule has 0 saturated carbocycles. The van der Waals surface area contributed by atoms with Gasteiger partial charge in [-0.3, -0.25) is 4.79 Å². The fourth-order valence-electron chi connectivity index (χ4n) is 2.52. The Morgan fingerprint density at radius 1 is 1.36 bits per heavy atom. The van der Waals surface area contributed by atoms with E-state index < -0.39 is 0 Å². The van der Waals surface area contributed by atoms with Gasteiger partial charge in [0.05, 0.1) is 27.5 Å². The third kappa shape index (κ3) is 4.08. The third-order valence-electron chi connectivity index (χ3n) is 3.60. The summed E-state index contributed by atoms with van der Waals surface area (Å²) in [4.78, 5) is 22.6. The molecular formula is C17H18BrN3O2S2. The van der Waals surface area contributed by atoms with Crippen molar-refractivity contribution in [2.45, 2.75) is 27.3 Å². The average molecular weight is 440 g/mol. The molecule has 132 valence electrons. The standard InChI is InChI=1S/C17H18BrN3O2S2/c1-4-23-8-7-21-13-6-5-12(18)9-14(13)25-17(21)20-16(22)15-10(2)19-11(3)24-15/h5-6,9H,4,7-8H2,1-3H3. The lowest BCUT2D eigenvalue weighted by Gasteiger charge is -2.05. The van der Waals surface area contributed by atoms with Crippen LogP contribution in [-0.2, 0) is 11.3 Å². The highest BCUT2D eigenvalue weighted by Gasteiger charge is 2.14. The monoisotopic (exact) mass is 439 g/mol. The maximum absolute atomic E-state index is 12.6. The maximum Gasteiger partial charge on any atom is 0.291 e. The number of ether oxygens (including phenoxy) is 1. The molecule has 0 N–H and O–H groups in total. The van der Waals surface area contributed by atoms with Gasteiger partial charge in [-0.05, 0) is 39.0 Å². The number of amides is 1. The lowest BCUT2D eigenvalue weighted by Crippen LogP contribution is -2.19. The van der Waals surface area contributed by atoms with Crippen LogP contribution in [0.3, 0.4) is 0 Å². The van der Waals surface area contributed by atoms with Gasteiger partial charge in [-0.25, -0.2) is 4.98 Å². The molecule has 0 unspecified atom stereocenters. The summed E-state index contributed by atoms with van der Waals surface area (Å²) in [6, 6.07) is 6.07. The van der Waals surface area contributed by atoms with Crippen LogP contribution in [0.25, 0.3) is 10.2 Å². The normalized spacial score (nSPS) is 12.2. The van der Waals surface area contributed by atoms with Crippen LogP contribution >= 0.6 is 38.6 Å². The largest absolute Gasteiger partial charge is 0.380 e. The number of aryl methyl sites for hydroxylation is 2. The molecule has 1 aromatic carbocycles. The summed E-state index contributed by atoms with van der Waals surface area (Å²) in [5, 5.41) is 0.876. The number of fused-ring (bicyclic) bond motifs is 1. The van der Waals surface area contributed by atoms with Crippen molar-refractivity contribution in [3.05, 3.63) is 43.1 Å². The van der Waals surface area contributed by atoms with Crippen LogP contribution in [-0.4, -0.2) is 28.7 Å². The lowest BCUT2D eigenvalue weighted by molar-refractivity contribution is 0.0999. The van der Waals surface area contributed by atoms with E-state index in [1.54, 1.807) is 0 Å². The van der Waals surface area contributed by atoms with Gasteiger partial charge in [0.1, 0.15) is 4.88 Å². The Balaban J connectivity index is 2.08. The number of hydrogen-bond acceptors (Lipinski definition) is 5. The van der Waals surface area contributed by atoms with Crippen LogP contribution in [0.1, 0.15) is 27.3 Å². The molecule has 0 saturated heterocycles. The molecule has 25 heavy (non-hydrogen) atoms. The second-order valence-electron chi connectivity index (χ2n) is 5.41. The minimum Gasteiger partial charge on any atom is -0.380 e. The molecule has 3 aromatic rings. The Morgan fingerprint density at radius 3 is 2.84 bits per heavy atom. The Kier molecular flexibility index (Phi) is 5.83. The van der Waals surface area contributed by atoms with Gasteiger partial charge in [0, 0.05) is 17.6 Å². The van der Waals surface area contributed by atoms with E-state index in [2.05, 4.69) is 25.9 Å². The van der Waals surface area contributed by atoms with Crippen LogP contribution in [0.5, 0.6) is 0 Å². The van der Waals surface area contributed by atoms with E-state index in [4.69, 9.17) is 4.74 Å². The van der Waals surface area contributed by atoms with Crippen molar-refractivity contribution >= 4 is 54.7 Å². The zero-order chi connectivity index (χ0) is 18.0. The minimum atomic E-state index is -0.237. The first-order valence-corrected chi connectivity index (χ1v) is 10.3. The number of halogens is 1. The first kappa shape index (κ1) is 18.4. The molecule has 3 rings (SSSR count). The van der Waals surface area contributed by atoms with Gasteiger partial charge in [-0.2, -0.15) is 4.99 Å². The molecule has 2 aromatic heterocycles. The van der Waals surface area contributed by atoms with Gasteiger partial charge in [0.15, 0.2) is 4.80 Å². The van der Waals surface area contributed by atoms with Crippen molar-refractivity contribution in [3.63, 3.8) is 0 Å². The van der Waals surface area contributed by atoms with E-state index in [9.17, 15) is 4.79 Å². The number of carbonyl (C=O) groups excluding carboxylic acids is 1. The van der Waals surface area contributed by atoms with Gasteiger partial charge < -0.3 is 9.30 Å². The molecule has 0 aliphatic carbocycles. The maximum atomic E-state index is 12.6. The summed E-state index contributed by atoms with van der Waals surface area (Å²) < 4.78 is 9.61.